The second-order valence-corrected chi connectivity index (χ2v) is 14.7. The molecule has 0 N–H and O–H groups in total. The third kappa shape index (κ3) is 5.11. The van der Waals surface area contributed by atoms with Crippen molar-refractivity contribution in [1.29, 1.82) is 0 Å². The van der Waals surface area contributed by atoms with Crippen molar-refractivity contribution >= 4 is 61.6 Å². The van der Waals surface area contributed by atoms with E-state index in [2.05, 4.69) is 210 Å². The summed E-state index contributed by atoms with van der Waals surface area (Å²) in [6, 6.07) is 69.1. The summed E-state index contributed by atoms with van der Waals surface area (Å²) in [6.07, 6.45) is 6.81. The lowest BCUT2D eigenvalue weighted by atomic mass is 9.33. The predicted octanol–water partition coefficient (Wildman–Crippen LogP) is 12.2. The highest BCUT2D eigenvalue weighted by atomic mass is 15.2. The third-order valence-corrected chi connectivity index (χ3v) is 11.8. The number of hydrogen-bond acceptors (Lipinski definition) is 1. The van der Waals surface area contributed by atoms with Gasteiger partial charge in [0, 0.05) is 33.5 Å². The van der Waals surface area contributed by atoms with Crippen LogP contribution in [0.2, 0.25) is 0 Å². The summed E-state index contributed by atoms with van der Waals surface area (Å²) in [5, 5.41) is 5.15. The van der Waals surface area contributed by atoms with Gasteiger partial charge in [0.1, 0.15) is 0 Å². The van der Waals surface area contributed by atoms with Gasteiger partial charge in [0.25, 0.3) is 0 Å². The van der Waals surface area contributed by atoms with Gasteiger partial charge in [0.15, 0.2) is 0 Å². The van der Waals surface area contributed by atoms with Crippen LogP contribution in [0.25, 0.3) is 60.5 Å². The van der Waals surface area contributed by atoms with Crippen molar-refractivity contribution in [1.82, 2.24) is 4.57 Å². The number of hydrogen-bond donors (Lipinski definition) is 0. The zero-order chi connectivity index (χ0) is 36.3. The fraction of sp³-hybridized carbons (Fsp3) is 0.0385. The number of benzene rings is 8. The molecule has 0 atom stereocenters. The highest BCUT2D eigenvalue weighted by molar-refractivity contribution is 6.95. The molecule has 0 amide bonds. The Balaban J connectivity index is 1.00. The molecule has 3 heteroatoms. The zero-order valence-corrected chi connectivity index (χ0v) is 30.4. The third-order valence-electron chi connectivity index (χ3n) is 11.8. The van der Waals surface area contributed by atoms with Gasteiger partial charge in [-0.15, -0.1) is 0 Å². The standard InChI is InChI=1S/C52H37BN2/c1-2-14-38(15-3-1)43-35-30-39-16-4-5-17-42(39)52(43)53-46-20-8-12-24-50(46)55(51-25-13-9-21-47(51)53)41-33-28-37(29-34-41)36-26-31-40(32-27-36)54-48-22-10-6-18-44(48)45-19-7-11-23-49(45)54/h1-12,14-24,26-35H,13,25H2. The van der Waals surface area contributed by atoms with E-state index >= 15 is 0 Å². The average Bonchev–Trinajstić information content (AvgIpc) is 3.60. The van der Waals surface area contributed by atoms with Gasteiger partial charge in [-0.25, -0.2) is 0 Å². The summed E-state index contributed by atoms with van der Waals surface area (Å²) in [5.74, 6) is 0. The minimum absolute atomic E-state index is 0.104. The molecule has 9 aromatic rings. The van der Waals surface area contributed by atoms with Crippen molar-refractivity contribution in [2.45, 2.75) is 12.8 Å². The van der Waals surface area contributed by atoms with Gasteiger partial charge >= 0.3 is 0 Å². The van der Waals surface area contributed by atoms with Crippen LogP contribution in [0.5, 0.6) is 0 Å². The van der Waals surface area contributed by atoms with Gasteiger partial charge in [-0.1, -0.05) is 163 Å². The van der Waals surface area contributed by atoms with E-state index in [1.54, 1.807) is 0 Å². The van der Waals surface area contributed by atoms with E-state index in [0.29, 0.717) is 0 Å². The maximum absolute atomic E-state index is 2.53. The largest absolute Gasteiger partial charge is 0.315 e. The van der Waals surface area contributed by atoms with Gasteiger partial charge in [-0.05, 0) is 99.3 Å². The first-order chi connectivity index (χ1) is 27.3. The molecule has 2 heterocycles. The SMILES string of the molecule is C1=CC2=C(CC1)N(c1ccc(-c3ccc(-n4c5ccccc5c5ccccc54)cc3)cc1)c1ccccc1B2c1c(-c2ccccc2)ccc2ccccc12. The Morgan fingerprint density at radius 2 is 1.05 bits per heavy atom. The molecule has 1 aliphatic heterocycles. The maximum atomic E-state index is 2.53. The van der Waals surface area contributed by atoms with Crippen LogP contribution in [0.1, 0.15) is 12.8 Å². The second kappa shape index (κ2) is 12.9. The minimum atomic E-state index is 0.104. The van der Waals surface area contributed by atoms with Crippen LogP contribution in [-0.2, 0) is 0 Å². The number of aromatic nitrogens is 1. The van der Waals surface area contributed by atoms with E-state index in [-0.39, 0.29) is 6.71 Å². The van der Waals surface area contributed by atoms with Crippen molar-refractivity contribution in [3.8, 4) is 27.9 Å². The number of para-hydroxylation sites is 3. The summed E-state index contributed by atoms with van der Waals surface area (Å²) < 4.78 is 2.38. The van der Waals surface area contributed by atoms with Gasteiger partial charge in [-0.2, -0.15) is 0 Å². The van der Waals surface area contributed by atoms with Gasteiger partial charge in [-0.3, -0.25) is 0 Å². The number of allylic oxidation sites excluding steroid dienone is 4. The molecule has 0 bridgehead atoms. The van der Waals surface area contributed by atoms with Gasteiger partial charge in [0.2, 0.25) is 6.71 Å². The molecule has 1 aromatic heterocycles. The van der Waals surface area contributed by atoms with Crippen LogP contribution in [0, 0.1) is 0 Å². The van der Waals surface area contributed by atoms with Crippen molar-refractivity contribution in [3.05, 3.63) is 211 Å². The summed E-state index contributed by atoms with van der Waals surface area (Å²) in [6.45, 7) is 0.104. The Kier molecular flexibility index (Phi) is 7.45. The van der Waals surface area contributed by atoms with E-state index in [0.717, 1.165) is 12.8 Å². The van der Waals surface area contributed by atoms with E-state index < -0.39 is 0 Å². The van der Waals surface area contributed by atoms with Crippen molar-refractivity contribution < 1.29 is 0 Å². The van der Waals surface area contributed by atoms with Crippen LogP contribution >= 0.6 is 0 Å². The van der Waals surface area contributed by atoms with Crippen LogP contribution in [0.3, 0.4) is 0 Å². The first-order valence-corrected chi connectivity index (χ1v) is 19.4. The topological polar surface area (TPSA) is 8.17 Å². The van der Waals surface area contributed by atoms with Crippen LogP contribution < -0.4 is 15.8 Å². The molecule has 0 radical (unpaired) electrons. The van der Waals surface area contributed by atoms with Gasteiger partial charge in [0.05, 0.1) is 11.0 Å². The molecule has 0 saturated heterocycles. The summed E-state index contributed by atoms with van der Waals surface area (Å²) in [5.41, 5.74) is 16.6. The lowest BCUT2D eigenvalue weighted by molar-refractivity contribution is 0.909. The normalized spacial score (nSPS) is 13.8. The molecular weight excluding hydrogens is 663 g/mol. The highest BCUT2D eigenvalue weighted by Gasteiger charge is 2.38. The lowest BCUT2D eigenvalue weighted by Gasteiger charge is -2.40. The molecule has 2 aliphatic rings. The molecule has 8 aromatic carbocycles. The Morgan fingerprint density at radius 3 is 1.78 bits per heavy atom. The average molecular weight is 701 g/mol. The summed E-state index contributed by atoms with van der Waals surface area (Å²) in [4.78, 5) is 2.53. The number of rotatable bonds is 5. The molecule has 0 saturated carbocycles. The van der Waals surface area contributed by atoms with E-state index in [1.807, 2.05) is 0 Å². The number of nitrogens with zero attached hydrogens (tertiary/aromatic N) is 2. The predicted molar refractivity (Wildman–Crippen MR) is 235 cm³/mol. The Hall–Kier alpha value is -6.84. The second-order valence-electron chi connectivity index (χ2n) is 14.7. The molecule has 0 fully saturated rings. The summed E-state index contributed by atoms with van der Waals surface area (Å²) >= 11 is 0. The van der Waals surface area contributed by atoms with E-state index in [1.165, 1.54) is 94.0 Å². The smallest absolute Gasteiger partial charge is 0.247 e. The maximum Gasteiger partial charge on any atom is 0.247 e. The Labute approximate surface area is 322 Å². The zero-order valence-electron chi connectivity index (χ0n) is 30.4. The quantitative estimate of drug-likeness (QED) is 0.162. The fourth-order valence-electron chi connectivity index (χ4n) is 9.31. The highest BCUT2D eigenvalue weighted by Crippen LogP contribution is 2.41. The Morgan fingerprint density at radius 1 is 0.455 bits per heavy atom. The molecule has 0 spiro atoms. The lowest BCUT2D eigenvalue weighted by Crippen LogP contribution is -2.51. The molecule has 1 aliphatic carbocycles. The van der Waals surface area contributed by atoms with Gasteiger partial charge < -0.3 is 9.47 Å². The molecule has 0 unspecified atom stereocenters. The van der Waals surface area contributed by atoms with Crippen LogP contribution in [0.15, 0.2) is 211 Å². The Bertz CT molecular complexity index is 2920. The minimum Gasteiger partial charge on any atom is -0.315 e. The first kappa shape index (κ1) is 31.7. The number of fused-ring (bicyclic) bond motifs is 5. The van der Waals surface area contributed by atoms with Crippen molar-refractivity contribution in [3.63, 3.8) is 0 Å². The van der Waals surface area contributed by atoms with Crippen molar-refractivity contribution in [2.24, 2.45) is 0 Å². The molecule has 2 nitrogen and oxygen atoms in total. The van der Waals surface area contributed by atoms with E-state index in [4.69, 9.17) is 0 Å². The molecule has 258 valence electrons. The van der Waals surface area contributed by atoms with E-state index in [9.17, 15) is 0 Å². The van der Waals surface area contributed by atoms with Crippen LogP contribution in [-0.4, -0.2) is 11.3 Å². The molecular formula is C52H37BN2. The monoisotopic (exact) mass is 700 g/mol. The fourth-order valence-corrected chi connectivity index (χ4v) is 9.31. The number of anilines is 2. The molecule has 55 heavy (non-hydrogen) atoms. The summed E-state index contributed by atoms with van der Waals surface area (Å²) in [7, 11) is 0. The first-order valence-electron chi connectivity index (χ1n) is 19.4. The van der Waals surface area contributed by atoms with Crippen LogP contribution in [0.4, 0.5) is 11.4 Å². The molecule has 11 rings (SSSR count). The van der Waals surface area contributed by atoms with Crippen molar-refractivity contribution in [2.75, 3.05) is 4.90 Å².